The Hall–Kier alpha value is -2.61. The first kappa shape index (κ1) is 18.2. The van der Waals surface area contributed by atoms with E-state index >= 15 is 0 Å². The van der Waals surface area contributed by atoms with Gasteiger partial charge in [0.25, 0.3) is 0 Å². The Bertz CT molecular complexity index is 842. The van der Waals surface area contributed by atoms with Gasteiger partial charge in [-0.3, -0.25) is 5.84 Å². The molecule has 0 saturated heterocycles. The van der Waals surface area contributed by atoms with Crippen molar-refractivity contribution in [3.05, 3.63) is 59.1 Å². The number of rotatable bonds is 7. The van der Waals surface area contributed by atoms with Crippen molar-refractivity contribution in [1.29, 1.82) is 0 Å². The fraction of sp³-hybridized carbons (Fsp3) is 0.211. The van der Waals surface area contributed by atoms with Crippen LogP contribution >= 0.6 is 11.3 Å². The average Bonchev–Trinajstić information content (AvgIpc) is 3.18. The number of nitrogens with two attached hydrogens (primary N) is 1. The van der Waals surface area contributed by atoms with Crippen LogP contribution in [0.1, 0.15) is 17.3 Å². The Balaban J connectivity index is 2.01. The lowest BCUT2D eigenvalue weighted by Gasteiger charge is -2.18. The van der Waals surface area contributed by atoms with E-state index in [1.165, 1.54) is 0 Å². The first-order chi connectivity index (χ1) is 12.7. The lowest BCUT2D eigenvalue weighted by Crippen LogP contribution is -2.29. The summed E-state index contributed by atoms with van der Waals surface area (Å²) in [5.74, 6) is 7.52. The van der Waals surface area contributed by atoms with Gasteiger partial charge in [0.15, 0.2) is 11.5 Å². The number of nitrogens with one attached hydrogen (secondary N) is 1. The second kappa shape index (κ2) is 8.18. The van der Waals surface area contributed by atoms with Gasteiger partial charge in [0, 0.05) is 10.9 Å². The molecule has 6 nitrogen and oxygen atoms in total. The predicted octanol–water partition coefficient (Wildman–Crippen LogP) is 3.39. The smallest absolute Gasteiger partial charge is 0.203 e. The first-order valence-electron chi connectivity index (χ1n) is 7.98. The number of benzene rings is 2. The van der Waals surface area contributed by atoms with Crippen LogP contribution in [0.25, 0.3) is 10.6 Å². The van der Waals surface area contributed by atoms with Gasteiger partial charge in [-0.15, -0.1) is 11.3 Å². The van der Waals surface area contributed by atoms with E-state index in [0.29, 0.717) is 17.2 Å². The number of methoxy groups -OCH3 is 3. The fourth-order valence-electron chi connectivity index (χ4n) is 2.75. The predicted molar refractivity (Wildman–Crippen MR) is 103 cm³/mol. The zero-order chi connectivity index (χ0) is 18.5. The third-order valence-electron chi connectivity index (χ3n) is 4.03. The third-order valence-corrected chi connectivity index (χ3v) is 4.94. The molecule has 0 aliphatic heterocycles. The molecule has 2 aromatic carbocycles. The maximum Gasteiger partial charge on any atom is 0.203 e. The van der Waals surface area contributed by atoms with Crippen LogP contribution in [0.15, 0.2) is 47.8 Å². The molecule has 0 fully saturated rings. The summed E-state index contributed by atoms with van der Waals surface area (Å²) in [5.41, 5.74) is 5.60. The zero-order valence-corrected chi connectivity index (χ0v) is 15.7. The van der Waals surface area contributed by atoms with Crippen molar-refractivity contribution >= 4 is 11.3 Å². The van der Waals surface area contributed by atoms with Crippen LogP contribution in [0.2, 0.25) is 0 Å². The second-order valence-corrected chi connectivity index (χ2v) is 6.36. The summed E-state index contributed by atoms with van der Waals surface area (Å²) in [6.45, 7) is 0. The highest BCUT2D eigenvalue weighted by atomic mass is 32.1. The molecule has 0 aliphatic rings. The standard InChI is InChI=1S/C19H21N3O3S/c1-23-15-9-13(10-16(24-2)18(15)25-3)17(22-20)14-11-26-19(21-14)12-7-5-4-6-8-12/h4-11,17,22H,20H2,1-3H3. The van der Waals surface area contributed by atoms with E-state index in [9.17, 15) is 0 Å². The van der Waals surface area contributed by atoms with Gasteiger partial charge in [0.05, 0.1) is 33.1 Å². The highest BCUT2D eigenvalue weighted by Crippen LogP contribution is 2.41. The number of nitrogens with zero attached hydrogens (tertiary/aromatic N) is 1. The Labute approximate surface area is 156 Å². The minimum atomic E-state index is -0.308. The van der Waals surface area contributed by atoms with Gasteiger partial charge in [0.1, 0.15) is 5.01 Å². The molecular weight excluding hydrogens is 350 g/mol. The van der Waals surface area contributed by atoms with E-state index in [-0.39, 0.29) is 6.04 Å². The van der Waals surface area contributed by atoms with Gasteiger partial charge in [-0.2, -0.15) is 0 Å². The topological polar surface area (TPSA) is 78.6 Å². The number of aromatic nitrogens is 1. The Kier molecular flexibility index (Phi) is 5.72. The molecule has 0 saturated carbocycles. The number of hydrazine groups is 1. The van der Waals surface area contributed by atoms with Crippen LogP contribution in [0, 0.1) is 0 Å². The molecule has 0 radical (unpaired) electrons. The van der Waals surface area contributed by atoms with E-state index in [2.05, 4.69) is 5.43 Å². The van der Waals surface area contributed by atoms with Crippen LogP contribution in [0.3, 0.4) is 0 Å². The van der Waals surface area contributed by atoms with E-state index in [0.717, 1.165) is 21.8 Å². The molecule has 136 valence electrons. The van der Waals surface area contributed by atoms with E-state index in [1.807, 2.05) is 47.8 Å². The third kappa shape index (κ3) is 3.50. The molecule has 7 heteroatoms. The molecule has 0 spiro atoms. The van der Waals surface area contributed by atoms with E-state index < -0.39 is 0 Å². The van der Waals surface area contributed by atoms with Gasteiger partial charge in [-0.25, -0.2) is 10.4 Å². The molecule has 1 aromatic heterocycles. The van der Waals surface area contributed by atoms with Gasteiger partial charge in [0.2, 0.25) is 5.75 Å². The second-order valence-electron chi connectivity index (χ2n) is 5.50. The summed E-state index contributed by atoms with van der Waals surface area (Å²) in [4.78, 5) is 4.74. The maximum atomic E-state index is 5.84. The van der Waals surface area contributed by atoms with Crippen molar-refractivity contribution in [2.45, 2.75) is 6.04 Å². The SMILES string of the molecule is COc1cc(C(NN)c2csc(-c3ccccc3)n2)cc(OC)c1OC. The van der Waals surface area contributed by atoms with E-state index in [1.54, 1.807) is 32.7 Å². The van der Waals surface area contributed by atoms with Crippen LogP contribution < -0.4 is 25.5 Å². The molecule has 26 heavy (non-hydrogen) atoms. The Morgan fingerprint density at radius 2 is 1.65 bits per heavy atom. The number of hydrogen-bond donors (Lipinski definition) is 2. The van der Waals surface area contributed by atoms with Crippen molar-refractivity contribution < 1.29 is 14.2 Å². The van der Waals surface area contributed by atoms with Crippen molar-refractivity contribution in [2.24, 2.45) is 5.84 Å². The highest BCUT2D eigenvalue weighted by molar-refractivity contribution is 7.13. The van der Waals surface area contributed by atoms with Crippen LogP contribution in [0.4, 0.5) is 0 Å². The summed E-state index contributed by atoms with van der Waals surface area (Å²) < 4.78 is 16.2. The normalized spacial score (nSPS) is 11.8. The molecular formula is C19H21N3O3S. The number of hydrogen-bond acceptors (Lipinski definition) is 7. The summed E-state index contributed by atoms with van der Waals surface area (Å²) in [6, 6.07) is 13.5. The van der Waals surface area contributed by atoms with Crippen molar-refractivity contribution in [1.82, 2.24) is 10.4 Å². The van der Waals surface area contributed by atoms with Crippen LogP contribution in [-0.2, 0) is 0 Å². The monoisotopic (exact) mass is 371 g/mol. The average molecular weight is 371 g/mol. The molecule has 0 bridgehead atoms. The van der Waals surface area contributed by atoms with E-state index in [4.69, 9.17) is 25.0 Å². The summed E-state index contributed by atoms with van der Waals surface area (Å²) in [7, 11) is 4.75. The van der Waals surface area contributed by atoms with Gasteiger partial charge in [-0.05, 0) is 17.7 Å². The lowest BCUT2D eigenvalue weighted by molar-refractivity contribution is 0.323. The summed E-state index contributed by atoms with van der Waals surface area (Å²) in [6.07, 6.45) is 0. The van der Waals surface area contributed by atoms with Gasteiger partial charge >= 0.3 is 0 Å². The fourth-order valence-corrected chi connectivity index (χ4v) is 3.60. The minimum Gasteiger partial charge on any atom is -0.493 e. The molecule has 1 atom stereocenters. The van der Waals surface area contributed by atoms with Gasteiger partial charge in [-0.1, -0.05) is 30.3 Å². The molecule has 3 rings (SSSR count). The summed E-state index contributed by atoms with van der Waals surface area (Å²) >= 11 is 1.57. The largest absolute Gasteiger partial charge is 0.493 e. The molecule has 0 aliphatic carbocycles. The van der Waals surface area contributed by atoms with Crippen LogP contribution in [0.5, 0.6) is 17.2 Å². The lowest BCUT2D eigenvalue weighted by atomic mass is 10.0. The maximum absolute atomic E-state index is 5.84. The van der Waals surface area contributed by atoms with Crippen molar-refractivity contribution in [2.75, 3.05) is 21.3 Å². The number of thiazole rings is 1. The molecule has 1 heterocycles. The van der Waals surface area contributed by atoms with Crippen molar-refractivity contribution in [3.63, 3.8) is 0 Å². The first-order valence-corrected chi connectivity index (χ1v) is 8.86. The molecule has 3 N–H and O–H groups in total. The quantitative estimate of drug-likeness (QED) is 0.490. The minimum absolute atomic E-state index is 0.308. The van der Waals surface area contributed by atoms with Gasteiger partial charge < -0.3 is 14.2 Å². The Morgan fingerprint density at radius 1 is 1.00 bits per heavy atom. The Morgan fingerprint density at radius 3 is 2.19 bits per heavy atom. The molecule has 1 unspecified atom stereocenters. The van der Waals surface area contributed by atoms with Crippen molar-refractivity contribution in [3.8, 4) is 27.8 Å². The highest BCUT2D eigenvalue weighted by Gasteiger charge is 2.21. The molecule has 0 amide bonds. The number of ether oxygens (including phenoxy) is 3. The van der Waals surface area contributed by atoms with Crippen LogP contribution in [-0.4, -0.2) is 26.3 Å². The molecule has 3 aromatic rings. The zero-order valence-electron chi connectivity index (χ0n) is 14.9. The summed E-state index contributed by atoms with van der Waals surface area (Å²) in [5, 5.41) is 2.93.